The van der Waals surface area contributed by atoms with Crippen LogP contribution in [0.2, 0.25) is 0 Å². The maximum atomic E-state index is 12.9. The summed E-state index contributed by atoms with van der Waals surface area (Å²) < 4.78 is 60.9. The van der Waals surface area contributed by atoms with Crippen molar-refractivity contribution in [3.8, 4) is 0 Å². The molecule has 0 saturated carbocycles. The van der Waals surface area contributed by atoms with E-state index in [-0.39, 0.29) is 0 Å². The monoisotopic (exact) mass is 226 g/mol. The van der Waals surface area contributed by atoms with Gasteiger partial charge in [0.05, 0.1) is 12.5 Å². The molecule has 1 aromatic carbocycles. The van der Waals surface area contributed by atoms with Gasteiger partial charge in [-0.15, -0.1) is 0 Å². The fourth-order valence-corrected chi connectivity index (χ4v) is 1.10. The highest BCUT2D eigenvalue weighted by Crippen LogP contribution is 2.30. The molecule has 0 heterocycles. The van der Waals surface area contributed by atoms with Crippen molar-refractivity contribution >= 4 is 0 Å². The van der Waals surface area contributed by atoms with E-state index in [0.29, 0.717) is 6.07 Å². The summed E-state index contributed by atoms with van der Waals surface area (Å²) in [6, 6.07) is 2.01. The van der Waals surface area contributed by atoms with Gasteiger partial charge in [0.15, 0.2) is 0 Å². The average molecular weight is 226 g/mol. The standard InChI is InChI=1S/C9H7F5O/c10-5-1-2-6(7(11)3-5)8(15)4-9(12,13)14/h1-3,8,15H,4H2. The van der Waals surface area contributed by atoms with Crippen LogP contribution in [0.25, 0.3) is 0 Å². The number of hydrogen-bond donors (Lipinski definition) is 1. The van der Waals surface area contributed by atoms with E-state index in [1.54, 1.807) is 0 Å². The van der Waals surface area contributed by atoms with E-state index in [0.717, 1.165) is 12.1 Å². The minimum Gasteiger partial charge on any atom is -0.388 e. The van der Waals surface area contributed by atoms with Gasteiger partial charge in [-0.05, 0) is 6.07 Å². The first kappa shape index (κ1) is 11.9. The molecule has 0 saturated heterocycles. The van der Waals surface area contributed by atoms with E-state index < -0.39 is 35.9 Å². The maximum absolute atomic E-state index is 12.9. The Hall–Kier alpha value is -1.17. The molecule has 1 rings (SSSR count). The average Bonchev–Trinajstić information content (AvgIpc) is 1.99. The molecular formula is C9H7F5O. The lowest BCUT2D eigenvalue weighted by Gasteiger charge is -2.13. The molecule has 15 heavy (non-hydrogen) atoms. The number of rotatable bonds is 2. The minimum absolute atomic E-state index is 0.426. The number of benzene rings is 1. The zero-order valence-corrected chi connectivity index (χ0v) is 7.35. The number of halogens is 5. The molecule has 1 unspecified atom stereocenters. The van der Waals surface area contributed by atoms with Crippen molar-refractivity contribution in [3.05, 3.63) is 35.4 Å². The maximum Gasteiger partial charge on any atom is 0.391 e. The van der Waals surface area contributed by atoms with Crippen molar-refractivity contribution in [1.29, 1.82) is 0 Å². The molecule has 0 amide bonds. The predicted octanol–water partition coefficient (Wildman–Crippen LogP) is 2.95. The molecule has 1 nitrogen and oxygen atoms in total. The summed E-state index contributed by atoms with van der Waals surface area (Å²) in [5, 5.41) is 9.05. The van der Waals surface area contributed by atoms with Gasteiger partial charge in [0, 0.05) is 11.6 Å². The Bertz CT molecular complexity index is 347. The van der Waals surface area contributed by atoms with E-state index >= 15 is 0 Å². The van der Waals surface area contributed by atoms with E-state index in [1.165, 1.54) is 0 Å². The first-order valence-electron chi connectivity index (χ1n) is 3.99. The van der Waals surface area contributed by atoms with Crippen LogP contribution in [0.3, 0.4) is 0 Å². The van der Waals surface area contributed by atoms with Crippen LogP contribution in [0.1, 0.15) is 18.1 Å². The van der Waals surface area contributed by atoms with Crippen molar-refractivity contribution in [2.24, 2.45) is 0 Å². The van der Waals surface area contributed by atoms with Crippen molar-refractivity contribution < 1.29 is 27.1 Å². The zero-order valence-electron chi connectivity index (χ0n) is 7.35. The minimum atomic E-state index is -4.60. The van der Waals surface area contributed by atoms with Crippen LogP contribution in [-0.4, -0.2) is 11.3 Å². The van der Waals surface area contributed by atoms with Crippen LogP contribution in [0.15, 0.2) is 18.2 Å². The molecule has 0 radical (unpaired) electrons. The van der Waals surface area contributed by atoms with Crippen LogP contribution in [0.5, 0.6) is 0 Å². The summed E-state index contributed by atoms with van der Waals surface area (Å²) >= 11 is 0. The largest absolute Gasteiger partial charge is 0.391 e. The van der Waals surface area contributed by atoms with Gasteiger partial charge in [-0.2, -0.15) is 13.2 Å². The third-order valence-electron chi connectivity index (χ3n) is 1.75. The van der Waals surface area contributed by atoms with Gasteiger partial charge in [0.25, 0.3) is 0 Å². The molecule has 0 fully saturated rings. The van der Waals surface area contributed by atoms with Gasteiger partial charge >= 0.3 is 6.18 Å². The molecule has 0 aliphatic heterocycles. The molecule has 0 aromatic heterocycles. The lowest BCUT2D eigenvalue weighted by molar-refractivity contribution is -0.154. The summed E-state index contributed by atoms with van der Waals surface area (Å²) in [5.41, 5.74) is -0.561. The first-order chi connectivity index (χ1) is 6.79. The summed E-state index contributed by atoms with van der Waals surface area (Å²) in [6.07, 6.45) is -8.17. The highest BCUT2D eigenvalue weighted by molar-refractivity contribution is 5.20. The first-order valence-corrected chi connectivity index (χ1v) is 3.99. The topological polar surface area (TPSA) is 20.2 Å². The Morgan fingerprint density at radius 1 is 1.20 bits per heavy atom. The van der Waals surface area contributed by atoms with Gasteiger partial charge in [0.1, 0.15) is 11.6 Å². The Morgan fingerprint density at radius 3 is 2.27 bits per heavy atom. The Kier molecular flexibility index (Phi) is 3.28. The van der Waals surface area contributed by atoms with Gasteiger partial charge in [-0.1, -0.05) is 6.07 Å². The van der Waals surface area contributed by atoms with E-state index in [1.807, 2.05) is 0 Å². The predicted molar refractivity (Wildman–Crippen MR) is 42.0 cm³/mol. The van der Waals surface area contributed by atoms with Crippen LogP contribution in [0, 0.1) is 11.6 Å². The number of aliphatic hydroxyl groups is 1. The second-order valence-electron chi connectivity index (χ2n) is 3.00. The third-order valence-corrected chi connectivity index (χ3v) is 1.75. The molecule has 1 N–H and O–H groups in total. The van der Waals surface area contributed by atoms with Crippen LogP contribution in [0.4, 0.5) is 22.0 Å². The summed E-state index contributed by atoms with van der Waals surface area (Å²) in [7, 11) is 0. The molecule has 1 atom stereocenters. The van der Waals surface area contributed by atoms with Crippen molar-refractivity contribution in [2.45, 2.75) is 18.7 Å². The van der Waals surface area contributed by atoms with Crippen LogP contribution in [-0.2, 0) is 0 Å². The third kappa shape index (κ3) is 3.47. The fourth-order valence-electron chi connectivity index (χ4n) is 1.10. The summed E-state index contributed by atoms with van der Waals surface area (Å²) in [6.45, 7) is 0. The van der Waals surface area contributed by atoms with E-state index in [9.17, 15) is 22.0 Å². The molecule has 0 aliphatic carbocycles. The van der Waals surface area contributed by atoms with E-state index in [4.69, 9.17) is 5.11 Å². The highest BCUT2D eigenvalue weighted by atomic mass is 19.4. The Morgan fingerprint density at radius 2 is 1.80 bits per heavy atom. The van der Waals surface area contributed by atoms with Crippen LogP contribution < -0.4 is 0 Å². The van der Waals surface area contributed by atoms with E-state index in [2.05, 4.69) is 0 Å². The molecule has 0 spiro atoms. The molecule has 6 heteroatoms. The molecule has 84 valence electrons. The number of aliphatic hydroxyl groups excluding tert-OH is 1. The molecular weight excluding hydrogens is 219 g/mol. The normalized spacial score (nSPS) is 14.0. The molecule has 1 aromatic rings. The van der Waals surface area contributed by atoms with Crippen molar-refractivity contribution in [3.63, 3.8) is 0 Å². The van der Waals surface area contributed by atoms with Crippen molar-refractivity contribution in [2.75, 3.05) is 0 Å². The lowest BCUT2D eigenvalue weighted by Crippen LogP contribution is -2.14. The van der Waals surface area contributed by atoms with Gasteiger partial charge in [0.2, 0.25) is 0 Å². The smallest absolute Gasteiger partial charge is 0.388 e. The van der Waals surface area contributed by atoms with Crippen molar-refractivity contribution in [1.82, 2.24) is 0 Å². The summed E-state index contributed by atoms with van der Waals surface area (Å²) in [5.74, 6) is -2.10. The van der Waals surface area contributed by atoms with Gasteiger partial charge in [-0.3, -0.25) is 0 Å². The second kappa shape index (κ2) is 4.14. The zero-order chi connectivity index (χ0) is 11.6. The quantitative estimate of drug-likeness (QED) is 0.768. The number of hydrogen-bond acceptors (Lipinski definition) is 1. The lowest BCUT2D eigenvalue weighted by atomic mass is 10.1. The molecule has 0 bridgehead atoms. The van der Waals surface area contributed by atoms with Gasteiger partial charge in [-0.25, -0.2) is 8.78 Å². The Balaban J connectivity index is 2.87. The highest BCUT2D eigenvalue weighted by Gasteiger charge is 2.32. The summed E-state index contributed by atoms with van der Waals surface area (Å²) in [4.78, 5) is 0. The SMILES string of the molecule is OC(CC(F)(F)F)c1ccc(F)cc1F. The Labute approximate surface area is 82.1 Å². The second-order valence-corrected chi connectivity index (χ2v) is 3.00. The fraction of sp³-hybridized carbons (Fsp3) is 0.333. The number of alkyl halides is 3. The van der Waals surface area contributed by atoms with Gasteiger partial charge < -0.3 is 5.11 Å². The van der Waals surface area contributed by atoms with Crippen LogP contribution >= 0.6 is 0 Å². The molecule has 0 aliphatic rings.